The van der Waals surface area contributed by atoms with E-state index < -0.39 is 5.82 Å². The van der Waals surface area contributed by atoms with Crippen molar-refractivity contribution >= 4 is 23.2 Å². The minimum absolute atomic E-state index is 0.208. The molecule has 1 heterocycles. The zero-order valence-electron chi connectivity index (χ0n) is 12.2. The van der Waals surface area contributed by atoms with Crippen LogP contribution in [0.4, 0.5) is 4.39 Å². The van der Waals surface area contributed by atoms with Gasteiger partial charge in [0.1, 0.15) is 5.82 Å². The van der Waals surface area contributed by atoms with Gasteiger partial charge in [-0.2, -0.15) is 0 Å². The van der Waals surface area contributed by atoms with Crippen molar-refractivity contribution in [1.82, 2.24) is 0 Å². The molecule has 1 aliphatic carbocycles. The number of halogens is 1. The molecule has 4 rings (SSSR count). The quantitative estimate of drug-likeness (QED) is 0.586. The first-order valence-electron chi connectivity index (χ1n) is 7.39. The second kappa shape index (κ2) is 5.60. The highest BCUT2D eigenvalue weighted by molar-refractivity contribution is 7.10. The van der Waals surface area contributed by atoms with Gasteiger partial charge < -0.3 is 0 Å². The molecule has 0 fully saturated rings. The molecule has 0 N–H and O–H groups in total. The van der Waals surface area contributed by atoms with Crippen molar-refractivity contribution in [3.8, 4) is 0 Å². The molecule has 1 atom stereocenters. The molecule has 0 saturated carbocycles. The summed E-state index contributed by atoms with van der Waals surface area (Å²) >= 11 is 1.57. The van der Waals surface area contributed by atoms with Crippen LogP contribution >= 0.6 is 11.3 Å². The molecule has 23 heavy (non-hydrogen) atoms. The Hall–Kier alpha value is -2.52. The number of carbonyl (C=O) groups is 1. The number of benzene rings is 2. The highest BCUT2D eigenvalue weighted by Crippen LogP contribution is 2.43. The van der Waals surface area contributed by atoms with Crippen molar-refractivity contribution in [2.75, 3.05) is 0 Å². The summed E-state index contributed by atoms with van der Waals surface area (Å²) in [4.78, 5) is 13.8. The molecule has 3 aromatic rings. The fourth-order valence-electron chi connectivity index (χ4n) is 3.14. The molecule has 0 saturated heterocycles. The van der Waals surface area contributed by atoms with Crippen LogP contribution in [0.5, 0.6) is 0 Å². The van der Waals surface area contributed by atoms with E-state index >= 15 is 0 Å². The van der Waals surface area contributed by atoms with E-state index in [1.807, 2.05) is 60.0 Å². The number of fused-ring (bicyclic) bond motifs is 1. The van der Waals surface area contributed by atoms with Gasteiger partial charge >= 0.3 is 0 Å². The summed E-state index contributed by atoms with van der Waals surface area (Å²) in [6.45, 7) is 0. The number of allylic oxidation sites excluding steroid dienone is 1. The first-order chi connectivity index (χ1) is 11.3. The Morgan fingerprint density at radius 1 is 0.957 bits per heavy atom. The van der Waals surface area contributed by atoms with Gasteiger partial charge in [-0.05, 0) is 34.7 Å². The smallest absolute Gasteiger partial charge is 0.193 e. The Bertz CT molecular complexity index is 895. The number of hydrogen-bond acceptors (Lipinski definition) is 2. The maximum Gasteiger partial charge on any atom is 0.193 e. The van der Waals surface area contributed by atoms with E-state index in [0.717, 1.165) is 16.0 Å². The Labute approximate surface area is 137 Å². The maximum absolute atomic E-state index is 14.2. The monoisotopic (exact) mass is 320 g/mol. The number of ketones is 1. The van der Waals surface area contributed by atoms with Crippen molar-refractivity contribution in [2.24, 2.45) is 0 Å². The first-order valence-corrected chi connectivity index (χ1v) is 8.27. The van der Waals surface area contributed by atoms with Gasteiger partial charge in [0, 0.05) is 16.4 Å². The third-order valence-corrected chi connectivity index (χ3v) is 4.95. The zero-order valence-corrected chi connectivity index (χ0v) is 13.0. The maximum atomic E-state index is 14.2. The van der Waals surface area contributed by atoms with E-state index in [-0.39, 0.29) is 17.3 Å². The predicted molar refractivity (Wildman–Crippen MR) is 91.3 cm³/mol. The van der Waals surface area contributed by atoms with E-state index in [9.17, 15) is 9.18 Å². The van der Waals surface area contributed by atoms with E-state index in [2.05, 4.69) is 0 Å². The normalized spacial score (nSPS) is 18.4. The van der Waals surface area contributed by atoms with Crippen molar-refractivity contribution in [2.45, 2.75) is 5.92 Å². The molecule has 3 heteroatoms. The van der Waals surface area contributed by atoms with E-state index in [0.29, 0.717) is 5.57 Å². The topological polar surface area (TPSA) is 17.1 Å². The highest BCUT2D eigenvalue weighted by Gasteiger charge is 2.37. The molecule has 0 spiro atoms. The molecule has 0 aliphatic heterocycles. The third kappa shape index (κ3) is 2.34. The van der Waals surface area contributed by atoms with Gasteiger partial charge in [-0.25, -0.2) is 4.39 Å². The van der Waals surface area contributed by atoms with E-state index in [1.165, 1.54) is 6.07 Å². The van der Waals surface area contributed by atoms with Crippen LogP contribution in [0.1, 0.15) is 32.3 Å². The van der Waals surface area contributed by atoms with Gasteiger partial charge in [0.25, 0.3) is 0 Å². The van der Waals surface area contributed by atoms with Gasteiger partial charge in [-0.1, -0.05) is 48.5 Å². The van der Waals surface area contributed by atoms with Crippen LogP contribution < -0.4 is 0 Å². The van der Waals surface area contributed by atoms with E-state index in [1.54, 1.807) is 17.4 Å². The van der Waals surface area contributed by atoms with Crippen LogP contribution in [-0.4, -0.2) is 5.78 Å². The molecule has 1 aromatic heterocycles. The number of rotatable bonds is 2. The van der Waals surface area contributed by atoms with Crippen LogP contribution in [0.2, 0.25) is 0 Å². The number of hydrogen-bond donors (Lipinski definition) is 0. The summed E-state index contributed by atoms with van der Waals surface area (Å²) < 4.78 is 14.2. The zero-order chi connectivity index (χ0) is 15.8. The molecular formula is C20H13FOS. The average molecular weight is 320 g/mol. The molecule has 1 nitrogen and oxygen atoms in total. The Balaban J connectivity index is 1.95. The Kier molecular flexibility index (Phi) is 3.43. The number of carbonyl (C=O) groups excluding carboxylic acids is 1. The average Bonchev–Trinajstić information content (AvgIpc) is 3.17. The standard InChI is InChI=1S/C20H13FOS/c21-17-10-4-9-15-18(13-6-2-1-3-7-13)16(20(22)19(15)17)12-14-8-5-11-23-14/h1-12,18H/t18-/m1/s1. The highest BCUT2D eigenvalue weighted by atomic mass is 32.1. The molecule has 0 radical (unpaired) electrons. The van der Waals surface area contributed by atoms with Gasteiger partial charge in [-0.3, -0.25) is 4.79 Å². The SMILES string of the molecule is O=C1C(=Cc2cccs2)[C@H](c2ccccc2)c2cccc(F)c21. The second-order valence-electron chi connectivity index (χ2n) is 5.49. The third-order valence-electron chi connectivity index (χ3n) is 4.13. The summed E-state index contributed by atoms with van der Waals surface area (Å²) in [5.41, 5.74) is 2.61. The number of thiophene rings is 1. The lowest BCUT2D eigenvalue weighted by atomic mass is 9.89. The fourth-order valence-corrected chi connectivity index (χ4v) is 3.81. The predicted octanol–water partition coefficient (Wildman–Crippen LogP) is 5.30. The lowest BCUT2D eigenvalue weighted by Crippen LogP contribution is -2.02. The summed E-state index contributed by atoms with van der Waals surface area (Å²) in [5, 5.41) is 1.97. The first kappa shape index (κ1) is 14.1. The summed E-state index contributed by atoms with van der Waals surface area (Å²) in [6, 6.07) is 18.6. The second-order valence-corrected chi connectivity index (χ2v) is 6.47. The fraction of sp³-hybridized carbons (Fsp3) is 0.0500. The Morgan fingerprint density at radius 2 is 1.78 bits per heavy atom. The van der Waals surface area contributed by atoms with Gasteiger partial charge in [0.2, 0.25) is 0 Å². The van der Waals surface area contributed by atoms with Crippen LogP contribution in [0, 0.1) is 5.82 Å². The molecule has 1 aliphatic rings. The molecule has 112 valence electrons. The minimum atomic E-state index is -0.442. The molecule has 0 bridgehead atoms. The van der Waals surface area contributed by atoms with Crippen LogP contribution in [0.25, 0.3) is 6.08 Å². The number of Topliss-reactive ketones (excluding diaryl/α,β-unsaturated/α-hetero) is 1. The van der Waals surface area contributed by atoms with Gasteiger partial charge in [0.15, 0.2) is 5.78 Å². The minimum Gasteiger partial charge on any atom is -0.289 e. The van der Waals surface area contributed by atoms with Crippen LogP contribution in [-0.2, 0) is 0 Å². The van der Waals surface area contributed by atoms with Crippen molar-refractivity contribution in [1.29, 1.82) is 0 Å². The van der Waals surface area contributed by atoms with Gasteiger partial charge in [-0.15, -0.1) is 11.3 Å². The van der Waals surface area contributed by atoms with Gasteiger partial charge in [0.05, 0.1) is 5.56 Å². The van der Waals surface area contributed by atoms with Crippen molar-refractivity contribution in [3.05, 3.63) is 99.0 Å². The molecule has 0 amide bonds. The summed E-state index contributed by atoms with van der Waals surface area (Å²) in [6.07, 6.45) is 1.89. The summed E-state index contributed by atoms with van der Waals surface area (Å²) in [7, 11) is 0. The summed E-state index contributed by atoms with van der Waals surface area (Å²) in [5.74, 6) is -0.861. The molecule has 0 unspecified atom stereocenters. The molecular weight excluding hydrogens is 307 g/mol. The molecule has 2 aromatic carbocycles. The lowest BCUT2D eigenvalue weighted by molar-refractivity contribution is 0.103. The van der Waals surface area contributed by atoms with Crippen molar-refractivity contribution in [3.63, 3.8) is 0 Å². The van der Waals surface area contributed by atoms with Crippen molar-refractivity contribution < 1.29 is 9.18 Å². The largest absolute Gasteiger partial charge is 0.289 e. The van der Waals surface area contributed by atoms with Crippen LogP contribution in [0.3, 0.4) is 0 Å². The van der Waals surface area contributed by atoms with E-state index in [4.69, 9.17) is 0 Å². The Morgan fingerprint density at radius 3 is 2.52 bits per heavy atom. The lowest BCUT2D eigenvalue weighted by Gasteiger charge is -2.13. The van der Waals surface area contributed by atoms with Crippen LogP contribution in [0.15, 0.2) is 71.6 Å².